The first-order chi connectivity index (χ1) is 15.3. The summed E-state index contributed by atoms with van der Waals surface area (Å²) in [5, 5.41) is 18.8. The Kier molecular flexibility index (Phi) is 8.31. The summed E-state index contributed by atoms with van der Waals surface area (Å²) >= 11 is 1.59. The average Bonchev–Trinajstić information content (AvgIpc) is 3.39. The van der Waals surface area contributed by atoms with Crippen molar-refractivity contribution in [2.45, 2.75) is 87.3 Å². The maximum atomic E-state index is 14.0. The van der Waals surface area contributed by atoms with Crippen LogP contribution in [-0.2, 0) is 14.4 Å². The predicted molar refractivity (Wildman–Crippen MR) is 125 cm³/mol. The first-order valence-corrected chi connectivity index (χ1v) is 12.9. The molecule has 180 valence electrons. The predicted octanol–water partition coefficient (Wildman–Crippen LogP) is 2.92. The van der Waals surface area contributed by atoms with Crippen molar-refractivity contribution in [1.82, 2.24) is 9.80 Å². The van der Waals surface area contributed by atoms with Crippen LogP contribution < -0.4 is 0 Å². The summed E-state index contributed by atoms with van der Waals surface area (Å²) in [6, 6.07) is -0.585. The summed E-state index contributed by atoms with van der Waals surface area (Å²) in [4.78, 5) is 43.3. The van der Waals surface area contributed by atoms with E-state index < -0.39 is 28.6 Å². The number of likely N-dealkylation sites (tertiary alicyclic amines) is 1. The van der Waals surface area contributed by atoms with Crippen LogP contribution in [0.3, 0.4) is 0 Å². The number of carbonyl (C=O) groups excluding carboxylic acids is 2. The number of carboxylic acids is 1. The zero-order valence-corrected chi connectivity index (χ0v) is 20.2. The van der Waals surface area contributed by atoms with Crippen LogP contribution in [-0.4, -0.2) is 79.6 Å². The third-order valence-electron chi connectivity index (χ3n) is 7.47. The van der Waals surface area contributed by atoms with Crippen LogP contribution in [0.2, 0.25) is 0 Å². The van der Waals surface area contributed by atoms with Crippen LogP contribution in [0, 0.1) is 11.8 Å². The number of hydrogen-bond donors (Lipinski definition) is 2. The van der Waals surface area contributed by atoms with E-state index >= 15 is 0 Å². The molecule has 0 aromatic heterocycles. The van der Waals surface area contributed by atoms with Crippen LogP contribution in [0.5, 0.6) is 0 Å². The molecule has 0 aromatic carbocycles. The van der Waals surface area contributed by atoms with E-state index in [-0.39, 0.29) is 29.7 Å². The normalized spacial score (nSPS) is 31.6. The van der Waals surface area contributed by atoms with Gasteiger partial charge in [0.25, 0.3) is 0 Å². The number of amides is 2. The number of aliphatic hydroxyl groups is 1. The molecule has 3 unspecified atom stereocenters. The Bertz CT molecular complexity index is 731. The number of unbranched alkanes of at least 4 members (excludes halogenated alkanes) is 3. The molecule has 7 nitrogen and oxygen atoms in total. The van der Waals surface area contributed by atoms with E-state index in [4.69, 9.17) is 5.11 Å². The number of hydrogen-bond acceptors (Lipinski definition) is 5. The molecule has 3 rings (SSSR count). The Morgan fingerprint density at radius 2 is 2.06 bits per heavy atom. The van der Waals surface area contributed by atoms with Crippen molar-refractivity contribution in [1.29, 1.82) is 0 Å². The fourth-order valence-corrected chi connectivity index (χ4v) is 8.27. The van der Waals surface area contributed by atoms with Crippen LogP contribution in [0.1, 0.15) is 65.2 Å². The molecule has 6 atom stereocenters. The van der Waals surface area contributed by atoms with Gasteiger partial charge in [-0.25, -0.2) is 0 Å². The minimum Gasteiger partial charge on any atom is -0.481 e. The molecule has 3 aliphatic rings. The first kappa shape index (κ1) is 25.1. The highest BCUT2D eigenvalue weighted by Gasteiger charge is 2.73. The van der Waals surface area contributed by atoms with E-state index in [0.29, 0.717) is 19.5 Å². The highest BCUT2D eigenvalue weighted by atomic mass is 32.2. The van der Waals surface area contributed by atoms with Gasteiger partial charge in [-0.1, -0.05) is 32.3 Å². The molecule has 32 heavy (non-hydrogen) atoms. The largest absolute Gasteiger partial charge is 0.481 e. The molecule has 3 saturated heterocycles. The Morgan fingerprint density at radius 1 is 1.34 bits per heavy atom. The Balaban J connectivity index is 1.92. The molecule has 2 amide bonds. The number of aliphatic carboxylic acids is 1. The topological polar surface area (TPSA) is 98.2 Å². The molecule has 3 aliphatic heterocycles. The minimum absolute atomic E-state index is 0.0290. The molecule has 2 N–H and O–H groups in total. The van der Waals surface area contributed by atoms with Crippen molar-refractivity contribution in [3.05, 3.63) is 12.7 Å². The Morgan fingerprint density at radius 3 is 2.69 bits per heavy atom. The standard InChI is InChI=1S/C24H38N2O5S/c1-4-10-16(3)25(13-5-2)22(29)20-24-12-11-17(32-24)18(23(30)31)19(24)21(28)26(20)14-8-6-7-9-15-27/h5,16-20,27H,2,4,6-15H2,1,3H3,(H,30,31)/t16?,17-,18+,19-,20?,24?/m0/s1. The summed E-state index contributed by atoms with van der Waals surface area (Å²) in [7, 11) is 0. The lowest BCUT2D eigenvalue weighted by Gasteiger charge is -2.39. The maximum absolute atomic E-state index is 14.0. The molecular weight excluding hydrogens is 428 g/mol. The molecule has 0 radical (unpaired) electrons. The lowest BCUT2D eigenvalue weighted by molar-refractivity contribution is -0.148. The number of rotatable bonds is 13. The van der Waals surface area contributed by atoms with Crippen molar-refractivity contribution in [3.8, 4) is 0 Å². The van der Waals surface area contributed by atoms with Crippen molar-refractivity contribution >= 4 is 29.5 Å². The molecule has 0 aliphatic carbocycles. The van der Waals surface area contributed by atoms with Gasteiger partial charge in [0.05, 0.1) is 16.6 Å². The molecule has 8 heteroatoms. The summed E-state index contributed by atoms with van der Waals surface area (Å²) in [5.41, 5.74) is 0. The van der Waals surface area contributed by atoms with Crippen molar-refractivity contribution in [2.24, 2.45) is 11.8 Å². The van der Waals surface area contributed by atoms with Crippen LogP contribution in [0.25, 0.3) is 0 Å². The number of nitrogens with zero attached hydrogens (tertiary/aromatic N) is 2. The second-order valence-electron chi connectivity index (χ2n) is 9.48. The van der Waals surface area contributed by atoms with Crippen LogP contribution in [0.4, 0.5) is 0 Å². The molecular formula is C24H38N2O5S. The van der Waals surface area contributed by atoms with Gasteiger partial charge >= 0.3 is 5.97 Å². The van der Waals surface area contributed by atoms with E-state index in [1.807, 2.05) is 11.8 Å². The van der Waals surface area contributed by atoms with Gasteiger partial charge in [0.15, 0.2) is 0 Å². The number of aliphatic hydroxyl groups excluding tert-OH is 1. The first-order valence-electron chi connectivity index (χ1n) is 12.1. The quantitative estimate of drug-likeness (QED) is 0.320. The zero-order chi connectivity index (χ0) is 23.5. The van der Waals surface area contributed by atoms with Crippen LogP contribution >= 0.6 is 11.8 Å². The Labute approximate surface area is 195 Å². The van der Waals surface area contributed by atoms with Gasteiger partial charge in [-0.15, -0.1) is 18.3 Å². The highest BCUT2D eigenvalue weighted by molar-refractivity contribution is 8.02. The second kappa shape index (κ2) is 10.6. The zero-order valence-electron chi connectivity index (χ0n) is 19.4. The number of carboxylic acid groups (broad SMARTS) is 1. The van der Waals surface area contributed by atoms with Gasteiger partial charge in [0.1, 0.15) is 6.04 Å². The SMILES string of the molecule is C=CCN(C(=O)C1N(CCCCCCO)C(=O)[C@@H]2[C@H](C(=O)O)[C@@H]3CCC12S3)C(C)CCC. The van der Waals surface area contributed by atoms with Gasteiger partial charge in [-0.3, -0.25) is 14.4 Å². The monoisotopic (exact) mass is 466 g/mol. The summed E-state index contributed by atoms with van der Waals surface area (Å²) in [6.45, 7) is 8.99. The molecule has 3 fully saturated rings. The van der Waals surface area contributed by atoms with Gasteiger partial charge in [-0.2, -0.15) is 0 Å². The van der Waals surface area contributed by atoms with Gasteiger partial charge in [0.2, 0.25) is 11.8 Å². The number of fused-ring (bicyclic) bond motifs is 1. The van der Waals surface area contributed by atoms with E-state index in [1.54, 1.807) is 22.7 Å². The average molecular weight is 467 g/mol. The van der Waals surface area contributed by atoms with Gasteiger partial charge in [-0.05, 0) is 39.0 Å². The fraction of sp³-hybridized carbons (Fsp3) is 0.792. The lowest BCUT2D eigenvalue weighted by Crippen LogP contribution is -2.56. The van der Waals surface area contributed by atoms with Crippen molar-refractivity contribution in [2.75, 3.05) is 19.7 Å². The molecule has 0 aromatic rings. The second-order valence-corrected chi connectivity index (χ2v) is 11.1. The molecule has 2 bridgehead atoms. The van der Waals surface area contributed by atoms with Gasteiger partial charge < -0.3 is 20.0 Å². The van der Waals surface area contributed by atoms with E-state index in [9.17, 15) is 19.5 Å². The van der Waals surface area contributed by atoms with Crippen molar-refractivity contribution < 1.29 is 24.6 Å². The third-order valence-corrected chi connectivity index (χ3v) is 9.43. The van der Waals surface area contributed by atoms with E-state index in [1.165, 1.54) is 0 Å². The lowest BCUT2D eigenvalue weighted by atomic mass is 9.71. The highest BCUT2D eigenvalue weighted by Crippen LogP contribution is 2.66. The molecule has 0 saturated carbocycles. The number of carbonyl (C=O) groups is 3. The molecule has 3 heterocycles. The van der Waals surface area contributed by atoms with E-state index in [2.05, 4.69) is 13.5 Å². The fourth-order valence-electron chi connectivity index (χ4n) is 6.06. The smallest absolute Gasteiger partial charge is 0.308 e. The number of thioether (sulfide) groups is 1. The third kappa shape index (κ3) is 4.32. The Hall–Kier alpha value is -1.54. The summed E-state index contributed by atoms with van der Waals surface area (Å²) in [5.74, 6) is -2.47. The van der Waals surface area contributed by atoms with Gasteiger partial charge in [0, 0.05) is 31.0 Å². The van der Waals surface area contributed by atoms with Crippen molar-refractivity contribution in [3.63, 3.8) is 0 Å². The van der Waals surface area contributed by atoms with E-state index in [0.717, 1.165) is 44.9 Å². The maximum Gasteiger partial charge on any atom is 0.308 e. The molecule has 1 spiro atoms. The minimum atomic E-state index is -0.916. The van der Waals surface area contributed by atoms with Crippen LogP contribution in [0.15, 0.2) is 12.7 Å². The summed E-state index contributed by atoms with van der Waals surface area (Å²) < 4.78 is -0.641. The summed E-state index contributed by atoms with van der Waals surface area (Å²) in [6.07, 6.45) is 8.21.